The summed E-state index contributed by atoms with van der Waals surface area (Å²) in [6.45, 7) is 4.57. The topological polar surface area (TPSA) is 47.3 Å². The molecule has 1 atom stereocenters. The average Bonchev–Trinajstić information content (AvgIpc) is 2.21. The summed E-state index contributed by atoms with van der Waals surface area (Å²) in [6.07, 6.45) is 2.52. The zero-order valence-electron chi connectivity index (χ0n) is 10.1. The molecule has 0 bridgehead atoms. The Hall–Kier alpha value is -1.08. The van der Waals surface area contributed by atoms with E-state index in [1.807, 2.05) is 4.90 Å². The molecule has 16 heavy (non-hydrogen) atoms. The highest BCUT2D eigenvalue weighted by atomic mass is 16.2. The molecule has 4 heteroatoms. The predicted molar refractivity (Wildman–Crippen MR) is 60.6 cm³/mol. The molecule has 0 aromatic rings. The standard InChI is InChI=1S/C12H19N3O/c1-10-8-15(7-6-14(10)2)11(16)12(9-13)4-3-5-12/h10H,3-8H2,1-2H3. The summed E-state index contributed by atoms with van der Waals surface area (Å²) in [5, 5.41) is 9.15. The van der Waals surface area contributed by atoms with Crippen molar-refractivity contribution in [2.75, 3.05) is 26.7 Å². The smallest absolute Gasteiger partial charge is 0.243 e. The van der Waals surface area contributed by atoms with Crippen molar-refractivity contribution < 1.29 is 4.79 Å². The lowest BCUT2D eigenvalue weighted by Crippen LogP contribution is -2.56. The van der Waals surface area contributed by atoms with Crippen LogP contribution in [0.2, 0.25) is 0 Å². The quantitative estimate of drug-likeness (QED) is 0.659. The highest BCUT2D eigenvalue weighted by Gasteiger charge is 2.47. The fourth-order valence-corrected chi connectivity index (χ4v) is 2.44. The first-order chi connectivity index (χ1) is 7.59. The number of nitriles is 1. The van der Waals surface area contributed by atoms with Gasteiger partial charge in [-0.3, -0.25) is 4.79 Å². The van der Waals surface area contributed by atoms with Crippen LogP contribution in [-0.4, -0.2) is 48.4 Å². The molecule has 0 spiro atoms. The number of nitrogens with zero attached hydrogens (tertiary/aromatic N) is 3. The van der Waals surface area contributed by atoms with E-state index in [9.17, 15) is 4.79 Å². The van der Waals surface area contributed by atoms with Crippen LogP contribution in [0, 0.1) is 16.7 Å². The monoisotopic (exact) mass is 221 g/mol. The van der Waals surface area contributed by atoms with E-state index in [1.54, 1.807) is 0 Å². The fourth-order valence-electron chi connectivity index (χ4n) is 2.44. The molecule has 1 unspecified atom stereocenters. The van der Waals surface area contributed by atoms with E-state index >= 15 is 0 Å². The van der Waals surface area contributed by atoms with Gasteiger partial charge in [0.05, 0.1) is 6.07 Å². The summed E-state index contributed by atoms with van der Waals surface area (Å²) in [5.74, 6) is 0.0706. The zero-order chi connectivity index (χ0) is 11.8. The van der Waals surface area contributed by atoms with Gasteiger partial charge in [-0.25, -0.2) is 0 Å². The maximum absolute atomic E-state index is 12.3. The molecular weight excluding hydrogens is 202 g/mol. The van der Waals surface area contributed by atoms with Crippen LogP contribution in [0.5, 0.6) is 0 Å². The van der Waals surface area contributed by atoms with Crippen molar-refractivity contribution in [1.29, 1.82) is 5.26 Å². The summed E-state index contributed by atoms with van der Waals surface area (Å²) >= 11 is 0. The molecule has 0 N–H and O–H groups in total. The number of hydrogen-bond acceptors (Lipinski definition) is 3. The molecule has 1 aliphatic heterocycles. The van der Waals surface area contributed by atoms with E-state index in [1.165, 1.54) is 0 Å². The summed E-state index contributed by atoms with van der Waals surface area (Å²) in [6, 6.07) is 2.63. The highest BCUT2D eigenvalue weighted by Crippen LogP contribution is 2.42. The molecule has 1 saturated carbocycles. The second-order valence-electron chi connectivity index (χ2n) is 5.13. The first-order valence-electron chi connectivity index (χ1n) is 6.00. The Labute approximate surface area is 96.8 Å². The van der Waals surface area contributed by atoms with Crippen molar-refractivity contribution in [2.24, 2.45) is 5.41 Å². The molecule has 88 valence electrons. The van der Waals surface area contributed by atoms with Crippen molar-refractivity contribution in [3.05, 3.63) is 0 Å². The first kappa shape index (κ1) is 11.4. The molecule has 1 amide bonds. The van der Waals surface area contributed by atoms with Gasteiger partial charge in [-0.1, -0.05) is 0 Å². The molecule has 2 rings (SSSR count). The van der Waals surface area contributed by atoms with Crippen LogP contribution in [0.15, 0.2) is 0 Å². The minimum Gasteiger partial charge on any atom is -0.338 e. The van der Waals surface area contributed by atoms with Gasteiger partial charge in [-0.05, 0) is 33.2 Å². The fraction of sp³-hybridized carbons (Fsp3) is 0.833. The van der Waals surface area contributed by atoms with Crippen molar-refractivity contribution in [3.8, 4) is 6.07 Å². The van der Waals surface area contributed by atoms with Crippen LogP contribution < -0.4 is 0 Å². The number of rotatable bonds is 1. The van der Waals surface area contributed by atoms with Gasteiger partial charge < -0.3 is 9.80 Å². The van der Waals surface area contributed by atoms with Crippen molar-refractivity contribution in [1.82, 2.24) is 9.80 Å². The van der Waals surface area contributed by atoms with Gasteiger partial charge >= 0.3 is 0 Å². The van der Waals surface area contributed by atoms with E-state index in [-0.39, 0.29) is 5.91 Å². The second kappa shape index (κ2) is 4.06. The van der Waals surface area contributed by atoms with Crippen molar-refractivity contribution >= 4 is 5.91 Å². The molecule has 2 fully saturated rings. The largest absolute Gasteiger partial charge is 0.338 e. The lowest BCUT2D eigenvalue weighted by atomic mass is 9.69. The SMILES string of the molecule is CC1CN(C(=O)C2(C#N)CCC2)CCN1C. The number of hydrogen-bond donors (Lipinski definition) is 0. The molecule has 1 heterocycles. The third-order valence-electron chi connectivity index (χ3n) is 4.08. The van der Waals surface area contributed by atoms with E-state index in [0.29, 0.717) is 6.04 Å². The Balaban J connectivity index is 2.03. The van der Waals surface area contributed by atoms with Crippen LogP contribution in [0.3, 0.4) is 0 Å². The normalized spacial score (nSPS) is 29.3. The lowest BCUT2D eigenvalue weighted by molar-refractivity contribution is -0.145. The first-order valence-corrected chi connectivity index (χ1v) is 6.00. The predicted octanol–water partition coefficient (Wildman–Crippen LogP) is 0.843. The number of likely N-dealkylation sites (N-methyl/N-ethyl adjacent to an activating group) is 1. The average molecular weight is 221 g/mol. The minimum atomic E-state index is -0.671. The van der Waals surface area contributed by atoms with E-state index in [4.69, 9.17) is 5.26 Å². The van der Waals surface area contributed by atoms with E-state index in [0.717, 1.165) is 38.9 Å². The zero-order valence-corrected chi connectivity index (χ0v) is 10.1. The molecule has 1 saturated heterocycles. The molecular formula is C12H19N3O. The molecule has 0 aromatic heterocycles. The minimum absolute atomic E-state index is 0.0706. The number of carbonyl (C=O) groups excluding carboxylic acids is 1. The van der Waals surface area contributed by atoms with Gasteiger partial charge in [0.1, 0.15) is 5.41 Å². The molecule has 0 aromatic carbocycles. The molecule has 4 nitrogen and oxygen atoms in total. The van der Waals surface area contributed by atoms with Crippen LogP contribution in [0.4, 0.5) is 0 Å². The van der Waals surface area contributed by atoms with Gasteiger partial charge in [0.25, 0.3) is 0 Å². The maximum atomic E-state index is 12.3. The van der Waals surface area contributed by atoms with Gasteiger partial charge in [0, 0.05) is 25.7 Å². The summed E-state index contributed by atoms with van der Waals surface area (Å²) in [4.78, 5) is 16.4. The third kappa shape index (κ3) is 1.69. The Morgan fingerprint density at radius 3 is 2.56 bits per heavy atom. The van der Waals surface area contributed by atoms with Crippen molar-refractivity contribution in [2.45, 2.75) is 32.2 Å². The van der Waals surface area contributed by atoms with Crippen LogP contribution >= 0.6 is 0 Å². The Kier molecular flexibility index (Phi) is 2.90. The van der Waals surface area contributed by atoms with Crippen LogP contribution in [0.1, 0.15) is 26.2 Å². The maximum Gasteiger partial charge on any atom is 0.243 e. The van der Waals surface area contributed by atoms with Crippen molar-refractivity contribution in [3.63, 3.8) is 0 Å². The molecule has 1 aliphatic carbocycles. The van der Waals surface area contributed by atoms with E-state index < -0.39 is 5.41 Å². The molecule has 0 radical (unpaired) electrons. The third-order valence-corrected chi connectivity index (χ3v) is 4.08. The number of amides is 1. The highest BCUT2D eigenvalue weighted by molar-refractivity contribution is 5.86. The van der Waals surface area contributed by atoms with E-state index in [2.05, 4.69) is 24.9 Å². The second-order valence-corrected chi connectivity index (χ2v) is 5.13. The summed E-state index contributed by atoms with van der Waals surface area (Å²) < 4.78 is 0. The van der Waals surface area contributed by atoms with Gasteiger partial charge in [-0.15, -0.1) is 0 Å². The summed E-state index contributed by atoms with van der Waals surface area (Å²) in [5.41, 5.74) is -0.671. The Bertz CT molecular complexity index is 330. The number of piperazine rings is 1. The number of carbonyl (C=O) groups is 1. The van der Waals surface area contributed by atoms with Gasteiger partial charge in [0.2, 0.25) is 5.91 Å². The summed E-state index contributed by atoms with van der Waals surface area (Å²) in [7, 11) is 2.08. The molecule has 2 aliphatic rings. The van der Waals surface area contributed by atoms with Crippen LogP contribution in [0.25, 0.3) is 0 Å². The lowest BCUT2D eigenvalue weighted by Gasteiger charge is -2.43. The van der Waals surface area contributed by atoms with Gasteiger partial charge in [-0.2, -0.15) is 5.26 Å². The Morgan fingerprint density at radius 1 is 1.44 bits per heavy atom. The van der Waals surface area contributed by atoms with Crippen LogP contribution in [-0.2, 0) is 4.79 Å². The Morgan fingerprint density at radius 2 is 2.12 bits per heavy atom. The van der Waals surface area contributed by atoms with Gasteiger partial charge in [0.15, 0.2) is 0 Å².